The predicted molar refractivity (Wildman–Crippen MR) is 51.5 cm³/mol. The van der Waals surface area contributed by atoms with Crippen molar-refractivity contribution in [2.75, 3.05) is 7.11 Å². The molecule has 78 valence electrons. The molecule has 1 atom stereocenters. The van der Waals surface area contributed by atoms with E-state index in [9.17, 15) is 4.79 Å². The molecular weight excluding hydrogens is 182 g/mol. The van der Waals surface area contributed by atoms with Crippen LogP contribution in [0, 0.1) is 0 Å². The number of nitrogens with two attached hydrogens (primary N) is 1. The van der Waals surface area contributed by atoms with Crippen LogP contribution in [-0.4, -0.2) is 22.9 Å². The number of hydrogen-bond acceptors (Lipinski definition) is 4. The van der Waals surface area contributed by atoms with E-state index in [0.717, 1.165) is 12.1 Å². The van der Waals surface area contributed by atoms with Gasteiger partial charge >= 0.3 is 5.97 Å². The molecule has 0 spiro atoms. The maximum atomic E-state index is 10.9. The van der Waals surface area contributed by atoms with E-state index in [1.54, 1.807) is 10.9 Å². The Labute approximate surface area is 82.8 Å². The first-order chi connectivity index (χ1) is 6.67. The lowest BCUT2D eigenvalue weighted by atomic mass is 10.1. The summed E-state index contributed by atoms with van der Waals surface area (Å²) in [4.78, 5) is 10.9. The number of aryl methyl sites for hydroxylation is 1. The van der Waals surface area contributed by atoms with Crippen LogP contribution in [0.2, 0.25) is 0 Å². The zero-order valence-corrected chi connectivity index (χ0v) is 8.43. The molecule has 0 aliphatic rings. The molecule has 0 aromatic carbocycles. The summed E-state index contributed by atoms with van der Waals surface area (Å²) in [6.45, 7) is 2.79. The van der Waals surface area contributed by atoms with Gasteiger partial charge in [0.1, 0.15) is 0 Å². The minimum absolute atomic E-state index is 0.186. The van der Waals surface area contributed by atoms with Crippen molar-refractivity contribution in [3.05, 3.63) is 18.0 Å². The van der Waals surface area contributed by atoms with Crippen molar-refractivity contribution in [1.29, 1.82) is 0 Å². The fraction of sp³-hybridized carbons (Fsp3) is 0.556. The molecule has 14 heavy (non-hydrogen) atoms. The van der Waals surface area contributed by atoms with Gasteiger partial charge in [0.15, 0.2) is 0 Å². The number of aromatic nitrogens is 2. The number of carbonyl (C=O) groups excluding carboxylic acids is 1. The van der Waals surface area contributed by atoms with E-state index in [1.165, 1.54) is 7.11 Å². The lowest BCUT2D eigenvalue weighted by Crippen LogP contribution is -2.15. The third kappa shape index (κ3) is 2.56. The maximum absolute atomic E-state index is 10.9. The lowest BCUT2D eigenvalue weighted by molar-refractivity contribution is -0.141. The Morgan fingerprint density at radius 2 is 2.50 bits per heavy atom. The fourth-order valence-electron chi connectivity index (χ4n) is 1.12. The zero-order chi connectivity index (χ0) is 10.6. The molecule has 0 bridgehead atoms. The molecule has 0 radical (unpaired) electrons. The van der Waals surface area contributed by atoms with Gasteiger partial charge < -0.3 is 10.5 Å². The quantitative estimate of drug-likeness (QED) is 0.712. The average molecular weight is 197 g/mol. The van der Waals surface area contributed by atoms with Crippen molar-refractivity contribution in [1.82, 2.24) is 9.78 Å². The van der Waals surface area contributed by atoms with Crippen LogP contribution in [-0.2, 0) is 16.1 Å². The summed E-state index contributed by atoms with van der Waals surface area (Å²) in [5, 5.41) is 4.07. The molecule has 0 saturated heterocycles. The molecule has 1 aromatic heterocycles. The van der Waals surface area contributed by atoms with E-state index in [-0.39, 0.29) is 18.4 Å². The van der Waals surface area contributed by atoms with Crippen LogP contribution in [0.5, 0.6) is 0 Å². The van der Waals surface area contributed by atoms with E-state index in [0.29, 0.717) is 0 Å². The fourth-order valence-corrected chi connectivity index (χ4v) is 1.12. The highest BCUT2D eigenvalue weighted by atomic mass is 16.5. The number of ether oxygens (including phenoxy) is 1. The Hall–Kier alpha value is -1.36. The molecule has 0 unspecified atom stereocenters. The Balaban J connectivity index is 2.60. The Morgan fingerprint density at radius 1 is 1.79 bits per heavy atom. The highest BCUT2D eigenvalue weighted by molar-refractivity contribution is 5.70. The number of hydrogen-bond donors (Lipinski definition) is 1. The normalized spacial score (nSPS) is 12.5. The van der Waals surface area contributed by atoms with Gasteiger partial charge in [-0.3, -0.25) is 9.48 Å². The minimum Gasteiger partial charge on any atom is -0.469 e. The number of nitrogens with zero attached hydrogens (tertiary/aromatic N) is 2. The van der Waals surface area contributed by atoms with Gasteiger partial charge in [-0.2, -0.15) is 5.10 Å². The standard InChI is InChI=1S/C9H15N3O2/c1-3-12-6-7(5-11-12)8(10)4-9(13)14-2/h5-6,8H,3-4,10H2,1-2H3/t8-/m0/s1. The summed E-state index contributed by atoms with van der Waals surface area (Å²) < 4.78 is 6.30. The van der Waals surface area contributed by atoms with E-state index in [2.05, 4.69) is 9.84 Å². The van der Waals surface area contributed by atoms with E-state index < -0.39 is 0 Å². The lowest BCUT2D eigenvalue weighted by Gasteiger charge is -2.06. The first-order valence-corrected chi connectivity index (χ1v) is 4.52. The van der Waals surface area contributed by atoms with Gasteiger partial charge in [-0.15, -0.1) is 0 Å². The number of methoxy groups -OCH3 is 1. The summed E-state index contributed by atoms with van der Waals surface area (Å²) in [6, 6.07) is -0.331. The van der Waals surface area contributed by atoms with Crippen LogP contribution in [0.1, 0.15) is 24.9 Å². The first kappa shape index (κ1) is 10.7. The van der Waals surface area contributed by atoms with E-state index in [4.69, 9.17) is 5.73 Å². The van der Waals surface area contributed by atoms with Crippen molar-refractivity contribution in [2.45, 2.75) is 25.9 Å². The molecule has 0 fully saturated rings. The summed E-state index contributed by atoms with van der Waals surface area (Å²) in [5.74, 6) is -0.304. The monoisotopic (exact) mass is 197 g/mol. The first-order valence-electron chi connectivity index (χ1n) is 4.52. The van der Waals surface area contributed by atoms with E-state index >= 15 is 0 Å². The predicted octanol–water partition coefficient (Wildman–Crippen LogP) is 0.466. The third-order valence-electron chi connectivity index (χ3n) is 2.02. The second-order valence-corrected chi connectivity index (χ2v) is 3.02. The van der Waals surface area contributed by atoms with Gasteiger partial charge in [-0.1, -0.05) is 0 Å². The second-order valence-electron chi connectivity index (χ2n) is 3.02. The van der Waals surface area contributed by atoms with Gasteiger partial charge in [0.25, 0.3) is 0 Å². The summed E-state index contributed by atoms with van der Waals surface area (Å²) in [7, 11) is 1.35. The summed E-state index contributed by atoms with van der Waals surface area (Å²) in [5.41, 5.74) is 6.64. The molecule has 5 nitrogen and oxygen atoms in total. The van der Waals surface area contributed by atoms with Crippen molar-refractivity contribution >= 4 is 5.97 Å². The van der Waals surface area contributed by atoms with Gasteiger partial charge in [-0.25, -0.2) is 0 Å². The molecule has 0 aliphatic carbocycles. The number of esters is 1. The molecule has 1 aromatic rings. The topological polar surface area (TPSA) is 70.1 Å². The van der Waals surface area contributed by atoms with Crippen molar-refractivity contribution in [3.63, 3.8) is 0 Å². The smallest absolute Gasteiger partial charge is 0.307 e. The van der Waals surface area contributed by atoms with Crippen molar-refractivity contribution in [3.8, 4) is 0 Å². The number of rotatable bonds is 4. The Kier molecular flexibility index (Phi) is 3.64. The van der Waals surface area contributed by atoms with Crippen LogP contribution in [0.4, 0.5) is 0 Å². The van der Waals surface area contributed by atoms with Crippen LogP contribution >= 0.6 is 0 Å². The van der Waals surface area contributed by atoms with E-state index in [1.807, 2.05) is 13.1 Å². The number of carbonyl (C=O) groups is 1. The van der Waals surface area contributed by atoms with Gasteiger partial charge in [0.2, 0.25) is 0 Å². The highest BCUT2D eigenvalue weighted by Gasteiger charge is 2.13. The molecule has 0 saturated carbocycles. The van der Waals surface area contributed by atoms with Crippen molar-refractivity contribution < 1.29 is 9.53 Å². The average Bonchev–Trinajstić information content (AvgIpc) is 2.65. The minimum atomic E-state index is -0.331. The molecule has 0 aliphatic heterocycles. The Morgan fingerprint density at radius 3 is 3.00 bits per heavy atom. The van der Waals surface area contributed by atoms with Crippen molar-refractivity contribution in [2.24, 2.45) is 5.73 Å². The van der Waals surface area contributed by atoms with Gasteiger partial charge in [-0.05, 0) is 6.92 Å². The van der Waals surface area contributed by atoms with Crippen LogP contribution < -0.4 is 5.73 Å². The highest BCUT2D eigenvalue weighted by Crippen LogP contribution is 2.13. The van der Waals surface area contributed by atoms with Crippen LogP contribution in [0.3, 0.4) is 0 Å². The SMILES string of the molecule is CCn1cc([C@@H](N)CC(=O)OC)cn1. The van der Waals surface area contributed by atoms with Gasteiger partial charge in [0.05, 0.1) is 19.7 Å². The maximum Gasteiger partial charge on any atom is 0.307 e. The largest absolute Gasteiger partial charge is 0.469 e. The van der Waals surface area contributed by atoms with Gasteiger partial charge in [0, 0.05) is 24.3 Å². The molecule has 1 heterocycles. The molecule has 2 N–H and O–H groups in total. The molecule has 5 heteroatoms. The molecule has 0 amide bonds. The zero-order valence-electron chi connectivity index (χ0n) is 8.43. The molecule has 1 rings (SSSR count). The second kappa shape index (κ2) is 4.76. The summed E-state index contributed by atoms with van der Waals surface area (Å²) in [6.07, 6.45) is 3.70. The summed E-state index contributed by atoms with van der Waals surface area (Å²) >= 11 is 0. The van der Waals surface area contributed by atoms with Crippen LogP contribution in [0.25, 0.3) is 0 Å². The third-order valence-corrected chi connectivity index (χ3v) is 2.02. The molecular formula is C9H15N3O2. The van der Waals surface area contributed by atoms with Crippen LogP contribution in [0.15, 0.2) is 12.4 Å². The Bertz CT molecular complexity index is 309.